The molecule has 1 aliphatic rings. The van der Waals surface area contributed by atoms with Crippen LogP contribution in [0, 0.1) is 11.8 Å². The van der Waals surface area contributed by atoms with Crippen molar-refractivity contribution in [2.75, 3.05) is 7.11 Å². The lowest BCUT2D eigenvalue weighted by Gasteiger charge is -2.26. The lowest BCUT2D eigenvalue weighted by molar-refractivity contribution is 0.0489. The van der Waals surface area contributed by atoms with E-state index in [4.69, 9.17) is 26.8 Å². The highest BCUT2D eigenvalue weighted by Crippen LogP contribution is 2.40. The van der Waals surface area contributed by atoms with Crippen LogP contribution in [0.25, 0.3) is 0 Å². The van der Waals surface area contributed by atoms with Gasteiger partial charge in [0.15, 0.2) is 0 Å². The summed E-state index contributed by atoms with van der Waals surface area (Å²) in [5.41, 5.74) is 7.46. The molecule has 0 spiro atoms. The van der Waals surface area contributed by atoms with Crippen molar-refractivity contribution in [3.63, 3.8) is 0 Å². The van der Waals surface area contributed by atoms with Crippen LogP contribution in [0.15, 0.2) is 18.2 Å². The highest BCUT2D eigenvalue weighted by atomic mass is 35.5. The van der Waals surface area contributed by atoms with Crippen LogP contribution in [-0.2, 0) is 4.74 Å². The van der Waals surface area contributed by atoms with Crippen LogP contribution < -0.4 is 10.5 Å². The Morgan fingerprint density at radius 1 is 1.26 bits per heavy atom. The Labute approximate surface area is 120 Å². The molecule has 0 bridgehead atoms. The summed E-state index contributed by atoms with van der Waals surface area (Å²) in [5.74, 6) is 1.42. The molecule has 1 aromatic carbocycles. The maximum Gasteiger partial charge on any atom is 0.137 e. The van der Waals surface area contributed by atoms with E-state index in [0.717, 1.165) is 5.56 Å². The first-order valence-corrected chi connectivity index (χ1v) is 7.08. The molecule has 1 aromatic rings. The molecule has 0 amide bonds. The van der Waals surface area contributed by atoms with Crippen molar-refractivity contribution < 1.29 is 9.47 Å². The number of nitrogens with two attached hydrogens (primary N) is 1. The van der Waals surface area contributed by atoms with E-state index >= 15 is 0 Å². The summed E-state index contributed by atoms with van der Waals surface area (Å²) in [7, 11) is 1.61. The molecule has 0 aliphatic carbocycles. The van der Waals surface area contributed by atoms with Gasteiger partial charge in [-0.2, -0.15) is 0 Å². The van der Waals surface area contributed by atoms with Crippen molar-refractivity contribution in [3.05, 3.63) is 28.8 Å². The number of halogens is 1. The molecule has 0 saturated carbocycles. The standard InChI is InChI=1S/C15H22ClNO2/c1-8-9(2)19-10(3)14(8)15(17)11-5-6-13(18-4)12(16)7-11/h5-10,14-15H,17H2,1-4H3. The van der Waals surface area contributed by atoms with Crippen molar-refractivity contribution in [1.29, 1.82) is 0 Å². The minimum atomic E-state index is -0.0710. The highest BCUT2D eigenvalue weighted by Gasteiger charge is 2.40. The van der Waals surface area contributed by atoms with E-state index in [9.17, 15) is 0 Å². The third kappa shape index (κ3) is 2.73. The summed E-state index contributed by atoms with van der Waals surface area (Å²) in [6.45, 7) is 6.40. The molecule has 106 valence electrons. The molecular formula is C15H22ClNO2. The van der Waals surface area contributed by atoms with E-state index in [-0.39, 0.29) is 18.2 Å². The van der Waals surface area contributed by atoms with Gasteiger partial charge in [-0.3, -0.25) is 0 Å². The van der Waals surface area contributed by atoms with Gasteiger partial charge in [-0.1, -0.05) is 24.6 Å². The second-order valence-electron chi connectivity index (χ2n) is 5.40. The molecular weight excluding hydrogens is 262 g/mol. The van der Waals surface area contributed by atoms with Gasteiger partial charge in [0.05, 0.1) is 24.3 Å². The SMILES string of the molecule is COc1ccc(C(N)C2C(C)OC(C)C2C)cc1Cl. The summed E-state index contributed by atoms with van der Waals surface area (Å²) in [6.07, 6.45) is 0.417. The fourth-order valence-corrected chi connectivity index (χ4v) is 3.29. The molecule has 1 aliphatic heterocycles. The Morgan fingerprint density at radius 2 is 1.95 bits per heavy atom. The molecule has 2 N–H and O–H groups in total. The first kappa shape index (κ1) is 14.6. The quantitative estimate of drug-likeness (QED) is 0.924. The van der Waals surface area contributed by atoms with Gasteiger partial charge in [0.2, 0.25) is 0 Å². The van der Waals surface area contributed by atoms with Gasteiger partial charge in [-0.15, -0.1) is 0 Å². The fraction of sp³-hybridized carbons (Fsp3) is 0.600. The zero-order valence-corrected chi connectivity index (χ0v) is 12.6. The average molecular weight is 284 g/mol. The Balaban J connectivity index is 2.24. The van der Waals surface area contributed by atoms with Gasteiger partial charge in [0, 0.05) is 12.0 Å². The Hall–Kier alpha value is -0.770. The van der Waals surface area contributed by atoms with E-state index in [1.807, 2.05) is 18.2 Å². The van der Waals surface area contributed by atoms with E-state index < -0.39 is 0 Å². The van der Waals surface area contributed by atoms with Crippen LogP contribution in [0.4, 0.5) is 0 Å². The molecule has 1 fully saturated rings. The van der Waals surface area contributed by atoms with Gasteiger partial charge >= 0.3 is 0 Å². The maximum absolute atomic E-state index is 6.42. The zero-order valence-electron chi connectivity index (χ0n) is 11.9. The predicted molar refractivity (Wildman–Crippen MR) is 77.6 cm³/mol. The van der Waals surface area contributed by atoms with Crippen LogP contribution >= 0.6 is 11.6 Å². The van der Waals surface area contributed by atoms with Gasteiger partial charge in [-0.05, 0) is 37.5 Å². The summed E-state index contributed by atoms with van der Waals surface area (Å²) in [4.78, 5) is 0. The number of hydrogen-bond donors (Lipinski definition) is 1. The maximum atomic E-state index is 6.42. The monoisotopic (exact) mass is 283 g/mol. The Morgan fingerprint density at radius 3 is 2.42 bits per heavy atom. The first-order valence-electron chi connectivity index (χ1n) is 6.70. The van der Waals surface area contributed by atoms with E-state index in [2.05, 4.69) is 20.8 Å². The third-order valence-electron chi connectivity index (χ3n) is 4.29. The van der Waals surface area contributed by atoms with Gasteiger partial charge in [0.25, 0.3) is 0 Å². The summed E-state index contributed by atoms with van der Waals surface area (Å²) in [6, 6.07) is 5.68. The smallest absolute Gasteiger partial charge is 0.137 e. The summed E-state index contributed by atoms with van der Waals surface area (Å²) >= 11 is 6.17. The molecule has 0 aromatic heterocycles. The number of hydrogen-bond acceptors (Lipinski definition) is 3. The number of rotatable bonds is 3. The average Bonchev–Trinajstić information content (AvgIpc) is 2.62. The predicted octanol–water partition coefficient (Wildman–Crippen LogP) is 3.41. The fourth-order valence-electron chi connectivity index (χ4n) is 3.02. The normalized spacial score (nSPS) is 32.3. The molecule has 5 atom stereocenters. The molecule has 0 radical (unpaired) electrons. The molecule has 19 heavy (non-hydrogen) atoms. The van der Waals surface area contributed by atoms with Gasteiger partial charge < -0.3 is 15.2 Å². The van der Waals surface area contributed by atoms with E-state index in [1.165, 1.54) is 0 Å². The highest BCUT2D eigenvalue weighted by molar-refractivity contribution is 6.32. The van der Waals surface area contributed by atoms with Crippen molar-refractivity contribution in [2.24, 2.45) is 17.6 Å². The third-order valence-corrected chi connectivity index (χ3v) is 4.59. The summed E-state index contributed by atoms with van der Waals surface area (Å²) < 4.78 is 11.0. The van der Waals surface area contributed by atoms with Crippen molar-refractivity contribution in [3.8, 4) is 5.75 Å². The lowest BCUT2D eigenvalue weighted by Crippen LogP contribution is -2.30. The Bertz CT molecular complexity index is 452. The van der Waals surface area contributed by atoms with Crippen LogP contribution in [0.2, 0.25) is 5.02 Å². The van der Waals surface area contributed by atoms with Gasteiger partial charge in [-0.25, -0.2) is 0 Å². The minimum Gasteiger partial charge on any atom is -0.495 e. The molecule has 5 unspecified atom stereocenters. The number of ether oxygens (including phenoxy) is 2. The van der Waals surface area contributed by atoms with Crippen molar-refractivity contribution >= 4 is 11.6 Å². The zero-order chi connectivity index (χ0) is 14.2. The topological polar surface area (TPSA) is 44.5 Å². The van der Waals surface area contributed by atoms with Crippen LogP contribution in [0.5, 0.6) is 5.75 Å². The second-order valence-corrected chi connectivity index (χ2v) is 5.81. The van der Waals surface area contributed by atoms with Gasteiger partial charge in [0.1, 0.15) is 5.75 Å². The Kier molecular flexibility index (Phi) is 4.39. The second kappa shape index (κ2) is 5.70. The van der Waals surface area contributed by atoms with Crippen LogP contribution in [-0.4, -0.2) is 19.3 Å². The molecule has 1 saturated heterocycles. The van der Waals surface area contributed by atoms with E-state index in [0.29, 0.717) is 22.6 Å². The molecule has 3 nitrogen and oxygen atoms in total. The summed E-state index contributed by atoms with van der Waals surface area (Å²) in [5, 5.41) is 0.600. The minimum absolute atomic E-state index is 0.0710. The van der Waals surface area contributed by atoms with E-state index in [1.54, 1.807) is 7.11 Å². The van der Waals surface area contributed by atoms with Crippen molar-refractivity contribution in [1.82, 2.24) is 0 Å². The molecule has 4 heteroatoms. The number of methoxy groups -OCH3 is 1. The van der Waals surface area contributed by atoms with Crippen molar-refractivity contribution in [2.45, 2.75) is 39.0 Å². The first-order chi connectivity index (χ1) is 8.95. The molecule has 2 rings (SSSR count). The van der Waals surface area contributed by atoms with Crippen LogP contribution in [0.3, 0.4) is 0 Å². The van der Waals surface area contributed by atoms with Crippen LogP contribution in [0.1, 0.15) is 32.4 Å². The number of benzene rings is 1. The lowest BCUT2D eigenvalue weighted by atomic mass is 9.81. The molecule has 1 heterocycles. The largest absolute Gasteiger partial charge is 0.495 e.